The van der Waals surface area contributed by atoms with Crippen LogP contribution in [0, 0.1) is 5.92 Å². The Morgan fingerprint density at radius 1 is 0.963 bits per heavy atom. The van der Waals surface area contributed by atoms with Crippen LogP contribution in [0.3, 0.4) is 0 Å². The highest BCUT2D eigenvalue weighted by atomic mass is 32.2. The van der Waals surface area contributed by atoms with Crippen molar-refractivity contribution in [1.82, 2.24) is 3.97 Å². The summed E-state index contributed by atoms with van der Waals surface area (Å²) >= 11 is 0. The molecular weight excluding hydrogens is 362 g/mol. The van der Waals surface area contributed by atoms with E-state index in [1.165, 1.54) is 3.97 Å². The molecule has 8 heteroatoms. The Balaban J connectivity index is 2.30. The van der Waals surface area contributed by atoms with Gasteiger partial charge >= 0.3 is 0 Å². The summed E-state index contributed by atoms with van der Waals surface area (Å²) < 4.78 is 27.6. The van der Waals surface area contributed by atoms with Gasteiger partial charge in [-0.2, -0.15) is 5.10 Å². The molecule has 2 aromatic carbocycles. The first-order valence-corrected chi connectivity index (χ1v) is 9.84. The predicted molar refractivity (Wildman–Crippen MR) is 108 cm³/mol. The number of benzene rings is 2. The lowest BCUT2D eigenvalue weighted by Gasteiger charge is -2.08. The highest BCUT2D eigenvalue weighted by molar-refractivity contribution is 7.90. The van der Waals surface area contributed by atoms with Crippen molar-refractivity contribution in [2.75, 3.05) is 0 Å². The number of rotatable bonds is 5. The van der Waals surface area contributed by atoms with Crippen molar-refractivity contribution >= 4 is 32.6 Å². The summed E-state index contributed by atoms with van der Waals surface area (Å²) in [6.45, 7) is 3.89. The zero-order valence-electron chi connectivity index (χ0n) is 15.1. The second kappa shape index (κ2) is 7.24. The first-order valence-electron chi connectivity index (χ1n) is 8.40. The van der Waals surface area contributed by atoms with Gasteiger partial charge in [-0.15, -0.1) is 5.10 Å². The van der Waals surface area contributed by atoms with E-state index in [1.807, 2.05) is 26.0 Å². The predicted octanol–water partition coefficient (Wildman–Crippen LogP) is 2.51. The fraction of sp³-hybridized carbons (Fsp3) is 0.158. The van der Waals surface area contributed by atoms with Gasteiger partial charge in [0.25, 0.3) is 10.0 Å². The molecule has 3 rings (SSSR count). The lowest BCUT2D eigenvalue weighted by atomic mass is 10.00. The molecule has 27 heavy (non-hydrogen) atoms. The third-order valence-electron chi connectivity index (χ3n) is 4.07. The topological polar surface area (TPSA) is 116 Å². The van der Waals surface area contributed by atoms with Crippen molar-refractivity contribution in [2.24, 2.45) is 27.6 Å². The van der Waals surface area contributed by atoms with Crippen molar-refractivity contribution in [1.29, 1.82) is 0 Å². The smallest absolute Gasteiger partial charge is 0.268 e. The fourth-order valence-corrected chi connectivity index (χ4v) is 4.24. The first-order chi connectivity index (χ1) is 12.8. The van der Waals surface area contributed by atoms with Crippen LogP contribution in [0.4, 0.5) is 0 Å². The largest absolute Gasteiger partial charge is 0.369 e. The van der Waals surface area contributed by atoms with Crippen LogP contribution < -0.4 is 11.5 Å². The molecule has 0 bridgehead atoms. The van der Waals surface area contributed by atoms with Crippen LogP contribution in [0.5, 0.6) is 0 Å². The van der Waals surface area contributed by atoms with E-state index in [2.05, 4.69) is 10.2 Å². The van der Waals surface area contributed by atoms with Crippen molar-refractivity contribution in [3.05, 3.63) is 66.4 Å². The Bertz CT molecular complexity index is 1130. The maximum atomic E-state index is 13.2. The maximum absolute atomic E-state index is 13.2. The van der Waals surface area contributed by atoms with Crippen molar-refractivity contribution in [3.8, 4) is 0 Å². The van der Waals surface area contributed by atoms with Gasteiger partial charge in [-0.3, -0.25) is 0 Å². The summed E-state index contributed by atoms with van der Waals surface area (Å²) in [6.07, 6.45) is 1.58. The van der Waals surface area contributed by atoms with Gasteiger partial charge < -0.3 is 11.5 Å². The minimum Gasteiger partial charge on any atom is -0.369 e. The summed E-state index contributed by atoms with van der Waals surface area (Å²) in [5, 5.41) is 8.68. The zero-order chi connectivity index (χ0) is 19.6. The number of aromatic nitrogens is 1. The molecule has 0 saturated carbocycles. The summed E-state index contributed by atoms with van der Waals surface area (Å²) in [4.78, 5) is 0.213. The first kappa shape index (κ1) is 18.7. The molecule has 0 spiro atoms. The summed E-state index contributed by atoms with van der Waals surface area (Å²) in [5.41, 5.74) is 12.6. The SMILES string of the molecule is CC(C)C(=NN=C(N)N)c1cn(S(=O)(=O)c2ccccc2)c2ccccc12. The molecule has 0 aliphatic rings. The molecule has 7 nitrogen and oxygen atoms in total. The monoisotopic (exact) mass is 383 g/mol. The van der Waals surface area contributed by atoms with Gasteiger partial charge in [0.15, 0.2) is 0 Å². The van der Waals surface area contributed by atoms with Gasteiger partial charge in [-0.1, -0.05) is 50.2 Å². The molecule has 0 aliphatic heterocycles. The molecule has 3 aromatic rings. The number of nitrogens with zero attached hydrogens (tertiary/aromatic N) is 3. The maximum Gasteiger partial charge on any atom is 0.268 e. The second-order valence-electron chi connectivity index (χ2n) is 6.34. The molecule has 0 radical (unpaired) electrons. The average Bonchev–Trinajstić information content (AvgIpc) is 3.02. The third-order valence-corrected chi connectivity index (χ3v) is 5.76. The molecule has 0 atom stereocenters. The highest BCUT2D eigenvalue weighted by Gasteiger charge is 2.23. The number of nitrogens with two attached hydrogens (primary N) is 2. The van der Waals surface area contributed by atoms with E-state index in [-0.39, 0.29) is 16.8 Å². The standard InChI is InChI=1S/C19H21N5O2S/c1-13(2)18(22-23-19(20)21)16-12-24(17-11-7-6-10-15(16)17)27(25,26)14-8-4-3-5-9-14/h3-13H,1-2H3,(H4,20,21,23). The minimum atomic E-state index is -3.76. The number of hydrogen-bond donors (Lipinski definition) is 2. The molecule has 0 aliphatic carbocycles. The molecule has 1 aromatic heterocycles. The van der Waals surface area contributed by atoms with E-state index in [0.717, 1.165) is 5.39 Å². The van der Waals surface area contributed by atoms with Gasteiger partial charge in [-0.05, 0) is 24.1 Å². The lowest BCUT2D eigenvalue weighted by molar-refractivity contribution is 0.589. The van der Waals surface area contributed by atoms with Crippen molar-refractivity contribution in [2.45, 2.75) is 18.7 Å². The highest BCUT2D eigenvalue weighted by Crippen LogP contribution is 2.28. The molecule has 1 heterocycles. The van der Waals surface area contributed by atoms with Crippen LogP contribution in [0.25, 0.3) is 10.9 Å². The Hall–Kier alpha value is -3.13. The Morgan fingerprint density at radius 3 is 2.22 bits per heavy atom. The van der Waals surface area contributed by atoms with Crippen LogP contribution >= 0.6 is 0 Å². The zero-order valence-corrected chi connectivity index (χ0v) is 15.9. The van der Waals surface area contributed by atoms with E-state index >= 15 is 0 Å². The van der Waals surface area contributed by atoms with Gasteiger partial charge in [0.05, 0.1) is 16.1 Å². The van der Waals surface area contributed by atoms with Crippen LogP contribution in [0.2, 0.25) is 0 Å². The van der Waals surface area contributed by atoms with E-state index in [4.69, 9.17) is 11.5 Å². The summed E-state index contributed by atoms with van der Waals surface area (Å²) in [6, 6.07) is 15.6. The molecule has 0 fully saturated rings. The van der Waals surface area contributed by atoms with E-state index in [1.54, 1.807) is 48.7 Å². The number of hydrogen-bond acceptors (Lipinski definition) is 4. The lowest BCUT2D eigenvalue weighted by Crippen LogP contribution is -2.22. The Kier molecular flexibility index (Phi) is 5.00. The molecular formula is C19H21N5O2S. The van der Waals surface area contributed by atoms with Gasteiger partial charge in [0.1, 0.15) is 0 Å². The molecule has 0 saturated heterocycles. The fourth-order valence-electron chi connectivity index (χ4n) is 2.85. The number of para-hydroxylation sites is 1. The van der Waals surface area contributed by atoms with Crippen molar-refractivity contribution in [3.63, 3.8) is 0 Å². The van der Waals surface area contributed by atoms with E-state index in [0.29, 0.717) is 16.8 Å². The second-order valence-corrected chi connectivity index (χ2v) is 8.15. The van der Waals surface area contributed by atoms with Gasteiger partial charge in [0.2, 0.25) is 5.96 Å². The third kappa shape index (κ3) is 3.56. The number of fused-ring (bicyclic) bond motifs is 1. The van der Waals surface area contributed by atoms with Crippen LogP contribution in [-0.4, -0.2) is 24.1 Å². The van der Waals surface area contributed by atoms with E-state index in [9.17, 15) is 8.42 Å². The molecule has 4 N–H and O–H groups in total. The normalized spacial score (nSPS) is 12.5. The van der Waals surface area contributed by atoms with Crippen molar-refractivity contribution < 1.29 is 8.42 Å². The Labute approximate surface area is 158 Å². The van der Waals surface area contributed by atoms with E-state index < -0.39 is 10.0 Å². The van der Waals surface area contributed by atoms with Crippen LogP contribution in [0.1, 0.15) is 19.4 Å². The van der Waals surface area contributed by atoms with Crippen LogP contribution in [0.15, 0.2) is 75.9 Å². The molecule has 140 valence electrons. The minimum absolute atomic E-state index is 0.0215. The van der Waals surface area contributed by atoms with Gasteiger partial charge in [-0.25, -0.2) is 12.4 Å². The summed E-state index contributed by atoms with van der Waals surface area (Å²) in [5.74, 6) is -0.180. The molecule has 0 amide bonds. The van der Waals surface area contributed by atoms with Gasteiger partial charge in [0, 0.05) is 17.1 Å². The molecule has 0 unspecified atom stereocenters. The Morgan fingerprint density at radius 2 is 1.59 bits per heavy atom. The summed E-state index contributed by atoms with van der Waals surface area (Å²) in [7, 11) is -3.76. The van der Waals surface area contributed by atoms with Crippen LogP contribution in [-0.2, 0) is 10.0 Å². The quantitative estimate of drug-likeness (QED) is 0.400. The number of guanidine groups is 1. The average molecular weight is 383 g/mol.